The first-order valence-electron chi connectivity index (χ1n) is 9.54. The van der Waals surface area contributed by atoms with Crippen LogP contribution >= 0.6 is 26.9 Å². The summed E-state index contributed by atoms with van der Waals surface area (Å²) in [6.07, 6.45) is 26.9. The van der Waals surface area contributed by atoms with E-state index in [1.165, 1.54) is 6.42 Å². The van der Waals surface area contributed by atoms with Gasteiger partial charge in [0.1, 0.15) is 6.10 Å². The van der Waals surface area contributed by atoms with Gasteiger partial charge in [-0.25, -0.2) is 0 Å². The number of rotatable bonds is 14. The van der Waals surface area contributed by atoms with Crippen molar-refractivity contribution in [3.8, 4) is 11.8 Å². The first-order valence-corrected chi connectivity index (χ1v) is 12.7. The molecular weight excluding hydrogens is 389 g/mol. The Morgan fingerprint density at radius 3 is 2.48 bits per heavy atom. The largest absolute Gasteiger partial charge is 0.358 e. The highest BCUT2D eigenvalue weighted by Gasteiger charge is 2.00. The number of hydrogen-bond acceptors (Lipinski definition) is 2. The Morgan fingerprint density at radius 2 is 1.78 bits per heavy atom. The average Bonchev–Trinajstić information content (AvgIpc) is 2.68. The van der Waals surface area contributed by atoms with Crippen molar-refractivity contribution in [1.29, 1.82) is 0 Å². The summed E-state index contributed by atoms with van der Waals surface area (Å²) >= 11 is 0. The zero-order valence-corrected chi connectivity index (χ0v) is 20.0. The van der Waals surface area contributed by atoms with Gasteiger partial charge in [-0.2, -0.15) is 0 Å². The van der Waals surface area contributed by atoms with E-state index in [0.29, 0.717) is 8.50 Å². The van der Waals surface area contributed by atoms with Gasteiger partial charge in [0, 0.05) is 24.4 Å². The highest BCUT2D eigenvalue weighted by Crippen LogP contribution is 2.24. The zero-order valence-electron chi connectivity index (χ0n) is 16.6. The SMILES string of the molecule is CC/C=C\CC(C#C/C=C\C=C/C(C/C=C\C/C=C\CCC)OP)OPP. The van der Waals surface area contributed by atoms with Crippen molar-refractivity contribution in [1.82, 2.24) is 0 Å². The van der Waals surface area contributed by atoms with Crippen molar-refractivity contribution in [2.75, 3.05) is 0 Å². The minimum Gasteiger partial charge on any atom is -0.358 e. The minimum atomic E-state index is -0.0445. The van der Waals surface area contributed by atoms with Crippen LogP contribution in [0.1, 0.15) is 52.4 Å². The van der Waals surface area contributed by atoms with E-state index in [4.69, 9.17) is 9.05 Å². The molecule has 0 aromatic heterocycles. The third kappa shape index (κ3) is 18.6. The quantitative estimate of drug-likeness (QED) is 0.128. The lowest BCUT2D eigenvalue weighted by Gasteiger charge is -2.06. The molecule has 0 spiro atoms. The van der Waals surface area contributed by atoms with Crippen molar-refractivity contribution >= 4 is 26.9 Å². The van der Waals surface area contributed by atoms with E-state index in [1.807, 2.05) is 24.3 Å². The standard InChI is InChI=1S/C22H35O2P3/c1-3-5-7-8-9-10-14-17-21(23-25)18-15-11-12-16-20-22(24-27-26)19-13-6-4-2/h6-8,10-15,18,21-22,27H,3-5,9,17,19,25-26H2,1-2H3/b8-7-,12-11-,13-6-,14-10-,18-15-. The van der Waals surface area contributed by atoms with Crippen LogP contribution < -0.4 is 0 Å². The van der Waals surface area contributed by atoms with E-state index in [9.17, 15) is 0 Å². The summed E-state index contributed by atoms with van der Waals surface area (Å²) in [6.45, 7) is 4.31. The van der Waals surface area contributed by atoms with Crippen LogP contribution in [-0.4, -0.2) is 12.2 Å². The first-order chi connectivity index (χ1) is 13.3. The van der Waals surface area contributed by atoms with Gasteiger partial charge in [0.05, 0.1) is 6.10 Å². The summed E-state index contributed by atoms with van der Waals surface area (Å²) in [4.78, 5) is 0. The maximum absolute atomic E-state index is 5.62. The molecule has 0 fully saturated rings. The summed E-state index contributed by atoms with van der Waals surface area (Å²) in [6, 6.07) is 0. The Bertz CT molecular complexity index is 539. The van der Waals surface area contributed by atoms with Gasteiger partial charge in [-0.15, -0.1) is 0 Å². The van der Waals surface area contributed by atoms with E-state index >= 15 is 0 Å². The second-order valence-corrected chi connectivity index (χ2v) is 7.20. The summed E-state index contributed by atoms with van der Waals surface area (Å²) in [5.74, 6) is 6.19. The number of allylic oxidation sites excluding steroid dienone is 7. The number of unbranched alkanes of at least 4 members (excludes halogenated alkanes) is 1. The summed E-state index contributed by atoms with van der Waals surface area (Å²) < 4.78 is 11.0. The van der Waals surface area contributed by atoms with Crippen LogP contribution in [0.5, 0.6) is 0 Å². The highest BCUT2D eigenvalue weighted by molar-refractivity contribution is 8.00. The molecule has 0 N–H and O–H groups in total. The molecule has 27 heavy (non-hydrogen) atoms. The summed E-state index contributed by atoms with van der Waals surface area (Å²) in [5.41, 5.74) is 0. The second-order valence-electron chi connectivity index (χ2n) is 5.75. The maximum atomic E-state index is 5.62. The molecule has 0 amide bonds. The predicted molar refractivity (Wildman–Crippen MR) is 130 cm³/mol. The molecule has 0 aromatic rings. The molecule has 0 bridgehead atoms. The van der Waals surface area contributed by atoms with Gasteiger partial charge in [-0.1, -0.05) is 95.7 Å². The molecule has 150 valence electrons. The summed E-state index contributed by atoms with van der Waals surface area (Å²) in [5, 5.41) is 0. The van der Waals surface area contributed by atoms with Gasteiger partial charge in [-0.3, -0.25) is 0 Å². The van der Waals surface area contributed by atoms with E-state index in [2.05, 4.69) is 80.5 Å². The van der Waals surface area contributed by atoms with Crippen LogP contribution in [0.4, 0.5) is 0 Å². The molecule has 0 radical (unpaired) electrons. The highest BCUT2D eigenvalue weighted by atomic mass is 32.0. The molecule has 5 atom stereocenters. The molecule has 0 aliphatic heterocycles. The molecule has 5 heteroatoms. The van der Waals surface area contributed by atoms with Crippen LogP contribution in [0.3, 0.4) is 0 Å². The van der Waals surface area contributed by atoms with Gasteiger partial charge in [0.15, 0.2) is 0 Å². The molecule has 0 aromatic carbocycles. The van der Waals surface area contributed by atoms with Crippen molar-refractivity contribution in [3.63, 3.8) is 0 Å². The third-order valence-corrected chi connectivity index (χ3v) is 4.61. The Morgan fingerprint density at radius 1 is 1.00 bits per heavy atom. The zero-order chi connectivity index (χ0) is 20.0. The molecule has 2 nitrogen and oxygen atoms in total. The topological polar surface area (TPSA) is 18.5 Å². The molecule has 0 aliphatic rings. The van der Waals surface area contributed by atoms with Gasteiger partial charge < -0.3 is 9.05 Å². The Kier molecular flexibility index (Phi) is 21.3. The van der Waals surface area contributed by atoms with Crippen LogP contribution in [0.2, 0.25) is 0 Å². The fraction of sp³-hybridized carbons (Fsp3) is 0.455. The Hall–Kier alpha value is -0.530. The molecule has 5 unspecified atom stereocenters. The first kappa shape index (κ1) is 26.5. The smallest absolute Gasteiger partial charge is 0.126 e. The normalized spacial score (nSPS) is 15.1. The fourth-order valence-corrected chi connectivity index (χ4v) is 3.02. The molecule has 0 saturated carbocycles. The Labute approximate surface area is 173 Å². The van der Waals surface area contributed by atoms with Gasteiger partial charge >= 0.3 is 0 Å². The lowest BCUT2D eigenvalue weighted by Crippen LogP contribution is -2.02. The lowest BCUT2D eigenvalue weighted by atomic mass is 10.2. The second kappa shape index (κ2) is 21.8. The monoisotopic (exact) mass is 424 g/mol. The fourth-order valence-electron chi connectivity index (χ4n) is 2.00. The molecular formula is C22H35O2P3. The van der Waals surface area contributed by atoms with Crippen LogP contribution in [-0.2, 0) is 9.05 Å². The average molecular weight is 424 g/mol. The van der Waals surface area contributed by atoms with Crippen LogP contribution in [0.15, 0.2) is 60.8 Å². The molecule has 0 aliphatic carbocycles. The molecule has 0 rings (SSSR count). The maximum Gasteiger partial charge on any atom is 0.126 e. The van der Waals surface area contributed by atoms with Crippen LogP contribution in [0.25, 0.3) is 0 Å². The lowest BCUT2D eigenvalue weighted by molar-refractivity contribution is 0.298. The summed E-state index contributed by atoms with van der Waals surface area (Å²) in [7, 11) is 5.31. The van der Waals surface area contributed by atoms with Crippen molar-refractivity contribution in [3.05, 3.63) is 60.8 Å². The molecule has 0 heterocycles. The minimum absolute atomic E-state index is 0.0445. The van der Waals surface area contributed by atoms with Gasteiger partial charge in [-0.05, 0) is 31.8 Å². The predicted octanol–water partition coefficient (Wildman–Crippen LogP) is 7.10. The van der Waals surface area contributed by atoms with Gasteiger partial charge in [0.2, 0.25) is 0 Å². The van der Waals surface area contributed by atoms with Crippen molar-refractivity contribution in [2.24, 2.45) is 0 Å². The van der Waals surface area contributed by atoms with E-state index in [1.54, 1.807) is 0 Å². The van der Waals surface area contributed by atoms with E-state index < -0.39 is 0 Å². The van der Waals surface area contributed by atoms with E-state index in [0.717, 1.165) is 32.1 Å². The van der Waals surface area contributed by atoms with Crippen LogP contribution in [0, 0.1) is 11.8 Å². The third-order valence-electron chi connectivity index (χ3n) is 3.43. The van der Waals surface area contributed by atoms with Gasteiger partial charge in [0.25, 0.3) is 0 Å². The van der Waals surface area contributed by atoms with Crippen molar-refractivity contribution in [2.45, 2.75) is 64.6 Å². The Balaban J connectivity index is 4.30. The van der Waals surface area contributed by atoms with Crippen molar-refractivity contribution < 1.29 is 9.05 Å². The number of hydrogen-bond donors (Lipinski definition) is 0. The van der Waals surface area contributed by atoms with E-state index in [-0.39, 0.29) is 12.2 Å². The molecule has 0 saturated heterocycles.